The van der Waals surface area contributed by atoms with Crippen LogP contribution in [0.15, 0.2) is 164 Å². The number of hydrogen-bond donors (Lipinski definition) is 0. The minimum atomic E-state index is -0.631. The molecule has 0 aliphatic heterocycles. The zero-order valence-corrected chi connectivity index (χ0v) is 24.4. The minimum Gasteiger partial charge on any atom is -0.334 e. The van der Waals surface area contributed by atoms with E-state index in [1.165, 1.54) is 27.4 Å². The molecular formula is C40H30N4. The summed E-state index contributed by atoms with van der Waals surface area (Å²) in [6.07, 6.45) is 5.73. The predicted molar refractivity (Wildman–Crippen MR) is 179 cm³/mol. The van der Waals surface area contributed by atoms with Gasteiger partial charge in [0.1, 0.15) is 5.82 Å². The van der Waals surface area contributed by atoms with E-state index >= 15 is 0 Å². The van der Waals surface area contributed by atoms with Gasteiger partial charge in [-0.25, -0.2) is 4.98 Å². The van der Waals surface area contributed by atoms with Crippen LogP contribution in [0.2, 0.25) is 0 Å². The molecule has 0 fully saturated rings. The lowest BCUT2D eigenvalue weighted by Gasteiger charge is -2.35. The summed E-state index contributed by atoms with van der Waals surface area (Å²) in [4.78, 5) is 9.64. The Labute approximate surface area is 256 Å². The molecule has 0 N–H and O–H groups in total. The predicted octanol–water partition coefficient (Wildman–Crippen LogP) is 8.96. The van der Waals surface area contributed by atoms with Crippen LogP contribution in [0.3, 0.4) is 0 Å². The summed E-state index contributed by atoms with van der Waals surface area (Å²) in [7, 11) is 2.03. The molecule has 3 heterocycles. The van der Waals surface area contributed by atoms with Crippen LogP contribution in [0.25, 0.3) is 38.9 Å². The van der Waals surface area contributed by atoms with Crippen LogP contribution in [0.4, 0.5) is 0 Å². The lowest BCUT2D eigenvalue weighted by atomic mass is 9.67. The van der Waals surface area contributed by atoms with Crippen molar-refractivity contribution in [3.05, 3.63) is 187 Å². The van der Waals surface area contributed by atoms with Gasteiger partial charge in [-0.3, -0.25) is 4.98 Å². The average Bonchev–Trinajstić information content (AvgIpc) is 3.67. The first-order chi connectivity index (χ1) is 21.7. The molecule has 8 aromatic rings. The van der Waals surface area contributed by atoms with Crippen LogP contribution >= 0.6 is 0 Å². The number of benzene rings is 5. The molecule has 0 amide bonds. The standard InChI is InChI=1S/C40H30N4/c1-43-26-25-42-39(43)29-13-12-18-33(27-29)44-36-20-9-8-19-34(36)35-23-22-32(28-37(35)44)40(30-14-4-2-5-15-30,31-16-6-3-7-17-31)38-21-10-11-24-41-38/h2-28H,1H3. The number of rotatable bonds is 6. The molecule has 0 spiro atoms. The summed E-state index contributed by atoms with van der Waals surface area (Å²) in [6, 6.07) is 52.0. The normalized spacial score (nSPS) is 11.8. The zero-order valence-electron chi connectivity index (χ0n) is 24.4. The number of aromatic nitrogens is 4. The van der Waals surface area contributed by atoms with Crippen molar-refractivity contribution in [3.63, 3.8) is 0 Å². The highest BCUT2D eigenvalue weighted by molar-refractivity contribution is 6.09. The minimum absolute atomic E-state index is 0.631. The number of pyridine rings is 1. The Morgan fingerprint density at radius 1 is 0.523 bits per heavy atom. The number of aryl methyl sites for hydroxylation is 1. The summed E-state index contributed by atoms with van der Waals surface area (Å²) >= 11 is 0. The van der Waals surface area contributed by atoms with Crippen LogP contribution in [-0.4, -0.2) is 19.1 Å². The number of fused-ring (bicyclic) bond motifs is 3. The van der Waals surface area contributed by atoms with Gasteiger partial charge in [-0.05, 0) is 53.1 Å². The van der Waals surface area contributed by atoms with Crippen LogP contribution in [-0.2, 0) is 12.5 Å². The number of para-hydroxylation sites is 1. The first kappa shape index (κ1) is 25.9. The van der Waals surface area contributed by atoms with Crippen molar-refractivity contribution in [2.24, 2.45) is 7.05 Å². The van der Waals surface area contributed by atoms with Crippen molar-refractivity contribution in [1.82, 2.24) is 19.1 Å². The van der Waals surface area contributed by atoms with Crippen LogP contribution in [0, 0.1) is 0 Å². The maximum atomic E-state index is 5.02. The average molecular weight is 567 g/mol. The molecule has 0 saturated carbocycles. The van der Waals surface area contributed by atoms with E-state index in [1.807, 2.05) is 31.7 Å². The van der Waals surface area contributed by atoms with E-state index in [0.717, 1.165) is 33.8 Å². The van der Waals surface area contributed by atoms with Crippen molar-refractivity contribution in [3.8, 4) is 17.1 Å². The van der Waals surface area contributed by atoms with E-state index in [1.54, 1.807) is 0 Å². The maximum absolute atomic E-state index is 5.02. The van der Waals surface area contributed by atoms with Gasteiger partial charge in [0.2, 0.25) is 0 Å². The quantitative estimate of drug-likeness (QED) is 0.188. The van der Waals surface area contributed by atoms with Gasteiger partial charge in [0.05, 0.1) is 22.1 Å². The van der Waals surface area contributed by atoms with Crippen molar-refractivity contribution in [2.45, 2.75) is 5.41 Å². The summed E-state index contributed by atoms with van der Waals surface area (Å²) in [6.45, 7) is 0. The van der Waals surface area contributed by atoms with Gasteiger partial charge >= 0.3 is 0 Å². The molecule has 0 bridgehead atoms. The Morgan fingerprint density at radius 3 is 1.93 bits per heavy atom. The Morgan fingerprint density at radius 2 is 1.23 bits per heavy atom. The first-order valence-corrected chi connectivity index (χ1v) is 14.9. The Hall–Kier alpha value is -5.74. The molecule has 4 heteroatoms. The van der Waals surface area contributed by atoms with Crippen LogP contribution in [0.5, 0.6) is 0 Å². The topological polar surface area (TPSA) is 35.6 Å². The molecule has 0 atom stereocenters. The third kappa shape index (κ3) is 3.99. The molecule has 0 aliphatic rings. The first-order valence-electron chi connectivity index (χ1n) is 14.9. The highest BCUT2D eigenvalue weighted by atomic mass is 15.0. The zero-order chi connectivity index (χ0) is 29.5. The van der Waals surface area contributed by atoms with Crippen LogP contribution < -0.4 is 0 Å². The third-order valence-corrected chi connectivity index (χ3v) is 8.75. The van der Waals surface area contributed by atoms with Crippen molar-refractivity contribution >= 4 is 21.8 Å². The Balaban J connectivity index is 1.47. The lowest BCUT2D eigenvalue weighted by Crippen LogP contribution is -2.32. The monoisotopic (exact) mass is 566 g/mol. The van der Waals surface area contributed by atoms with E-state index in [-0.39, 0.29) is 0 Å². The fourth-order valence-corrected chi connectivity index (χ4v) is 6.81. The van der Waals surface area contributed by atoms with Gasteiger partial charge in [0.15, 0.2) is 0 Å². The van der Waals surface area contributed by atoms with Gasteiger partial charge < -0.3 is 9.13 Å². The van der Waals surface area contributed by atoms with E-state index in [9.17, 15) is 0 Å². The molecular weight excluding hydrogens is 536 g/mol. The van der Waals surface area contributed by atoms with Gasteiger partial charge in [-0.1, -0.05) is 109 Å². The van der Waals surface area contributed by atoms with Gasteiger partial charge in [-0.15, -0.1) is 0 Å². The summed E-state index contributed by atoms with van der Waals surface area (Å²) in [5.74, 6) is 0.940. The molecule has 3 aromatic heterocycles. The van der Waals surface area contributed by atoms with Gasteiger partial charge in [-0.2, -0.15) is 0 Å². The summed E-state index contributed by atoms with van der Waals surface area (Å²) < 4.78 is 4.45. The number of imidazole rings is 1. The second-order valence-electron chi connectivity index (χ2n) is 11.2. The van der Waals surface area contributed by atoms with E-state index in [4.69, 9.17) is 4.98 Å². The Bertz CT molecular complexity index is 2130. The molecule has 0 saturated heterocycles. The molecule has 210 valence electrons. The molecule has 5 aromatic carbocycles. The fourth-order valence-electron chi connectivity index (χ4n) is 6.81. The molecule has 0 aliphatic carbocycles. The lowest BCUT2D eigenvalue weighted by molar-refractivity contribution is 0.715. The van der Waals surface area contributed by atoms with Gasteiger partial charge in [0, 0.05) is 47.7 Å². The maximum Gasteiger partial charge on any atom is 0.139 e. The van der Waals surface area contributed by atoms with E-state index < -0.39 is 5.41 Å². The number of nitrogens with zero attached hydrogens (tertiary/aromatic N) is 4. The summed E-state index contributed by atoms with van der Waals surface area (Å²) in [5.41, 5.74) is 8.33. The fraction of sp³-hybridized carbons (Fsp3) is 0.0500. The van der Waals surface area contributed by atoms with Crippen molar-refractivity contribution in [2.75, 3.05) is 0 Å². The third-order valence-electron chi connectivity index (χ3n) is 8.75. The van der Waals surface area contributed by atoms with E-state index in [0.29, 0.717) is 0 Å². The molecule has 0 unspecified atom stereocenters. The smallest absolute Gasteiger partial charge is 0.139 e. The Kier molecular flexibility index (Phi) is 6.20. The second-order valence-corrected chi connectivity index (χ2v) is 11.2. The van der Waals surface area contributed by atoms with E-state index in [2.05, 4.69) is 154 Å². The second kappa shape index (κ2) is 10.5. The molecule has 0 radical (unpaired) electrons. The van der Waals surface area contributed by atoms with Gasteiger partial charge in [0.25, 0.3) is 0 Å². The largest absolute Gasteiger partial charge is 0.334 e. The highest BCUT2D eigenvalue weighted by Crippen LogP contribution is 2.46. The molecule has 44 heavy (non-hydrogen) atoms. The van der Waals surface area contributed by atoms with Crippen molar-refractivity contribution < 1.29 is 0 Å². The molecule has 8 rings (SSSR count). The SMILES string of the molecule is Cn1ccnc1-c1cccc(-n2c3ccccc3c3ccc(C(c4ccccc4)(c4ccccc4)c4ccccn4)cc32)c1. The highest BCUT2D eigenvalue weighted by Gasteiger charge is 2.40. The van der Waals surface area contributed by atoms with Crippen LogP contribution in [0.1, 0.15) is 22.4 Å². The number of hydrogen-bond acceptors (Lipinski definition) is 2. The molecule has 4 nitrogen and oxygen atoms in total. The summed E-state index contributed by atoms with van der Waals surface area (Å²) in [5, 5.41) is 2.43. The van der Waals surface area contributed by atoms with Crippen molar-refractivity contribution in [1.29, 1.82) is 0 Å².